The second-order valence-corrected chi connectivity index (χ2v) is 9.54. The summed E-state index contributed by atoms with van der Waals surface area (Å²) in [5, 5.41) is 6.37. The van der Waals surface area contributed by atoms with Crippen molar-refractivity contribution in [2.24, 2.45) is 4.99 Å². The molecule has 0 saturated heterocycles. The fourth-order valence-electron chi connectivity index (χ4n) is 2.59. The maximum Gasteiger partial charge on any atom is 0.196 e. The second-order valence-electron chi connectivity index (χ2n) is 7.07. The van der Waals surface area contributed by atoms with Crippen LogP contribution < -0.4 is 15.4 Å². The smallest absolute Gasteiger partial charge is 0.196 e. The highest BCUT2D eigenvalue weighted by Crippen LogP contribution is 2.17. The third-order valence-electron chi connectivity index (χ3n) is 4.30. The van der Waals surface area contributed by atoms with E-state index in [0.29, 0.717) is 19.0 Å². The molecule has 0 radical (unpaired) electrons. The highest BCUT2D eigenvalue weighted by atomic mass is 127. The summed E-state index contributed by atoms with van der Waals surface area (Å²) in [5.74, 6) is 1.54. The van der Waals surface area contributed by atoms with Gasteiger partial charge in [-0.3, -0.25) is 0 Å². The molecule has 2 N–H and O–H groups in total. The Morgan fingerprint density at radius 2 is 1.77 bits per heavy atom. The van der Waals surface area contributed by atoms with Crippen LogP contribution in [0.25, 0.3) is 0 Å². The third kappa shape index (κ3) is 9.34. The molecule has 0 fully saturated rings. The van der Waals surface area contributed by atoms with Crippen LogP contribution >= 0.6 is 24.0 Å². The van der Waals surface area contributed by atoms with Crippen molar-refractivity contribution in [2.45, 2.75) is 40.3 Å². The SMILES string of the molecule is CCS(=O)(=O)CCNC(=NCc1ccccc1C)Nc1ccc(OC(C)C)cc1.I. The molecule has 0 bridgehead atoms. The number of ether oxygens (including phenoxy) is 1. The Hall–Kier alpha value is -1.81. The van der Waals surface area contributed by atoms with E-state index in [0.717, 1.165) is 17.0 Å². The van der Waals surface area contributed by atoms with Gasteiger partial charge in [0.2, 0.25) is 0 Å². The molecular weight excluding hydrogens is 513 g/mol. The molecule has 2 aromatic carbocycles. The Kier molecular flexibility index (Phi) is 11.2. The number of anilines is 1. The average molecular weight is 545 g/mol. The van der Waals surface area contributed by atoms with Gasteiger partial charge < -0.3 is 15.4 Å². The van der Waals surface area contributed by atoms with Gasteiger partial charge in [-0.1, -0.05) is 31.2 Å². The summed E-state index contributed by atoms with van der Waals surface area (Å²) in [6.07, 6.45) is 0.113. The van der Waals surface area contributed by atoms with Crippen molar-refractivity contribution in [1.29, 1.82) is 0 Å². The van der Waals surface area contributed by atoms with E-state index in [2.05, 4.69) is 15.6 Å². The maximum absolute atomic E-state index is 11.8. The monoisotopic (exact) mass is 545 g/mol. The molecule has 0 amide bonds. The Labute approximate surface area is 197 Å². The van der Waals surface area contributed by atoms with Gasteiger partial charge in [-0.25, -0.2) is 13.4 Å². The Balaban J connectivity index is 0.00000450. The number of sulfone groups is 1. The number of nitrogens with zero attached hydrogens (tertiary/aromatic N) is 1. The van der Waals surface area contributed by atoms with Crippen LogP contribution in [0.5, 0.6) is 5.75 Å². The van der Waals surface area contributed by atoms with Gasteiger partial charge in [0, 0.05) is 18.0 Å². The fraction of sp³-hybridized carbons (Fsp3) is 0.409. The molecule has 0 aromatic heterocycles. The van der Waals surface area contributed by atoms with E-state index in [1.807, 2.05) is 69.3 Å². The van der Waals surface area contributed by atoms with Crippen LogP contribution in [0.3, 0.4) is 0 Å². The first-order valence-corrected chi connectivity index (χ1v) is 11.7. The number of hydrogen-bond donors (Lipinski definition) is 2. The molecular formula is C22H32IN3O3S. The number of rotatable bonds is 9. The van der Waals surface area contributed by atoms with Crippen molar-refractivity contribution in [3.63, 3.8) is 0 Å². The minimum atomic E-state index is -3.04. The highest BCUT2D eigenvalue weighted by Gasteiger charge is 2.08. The van der Waals surface area contributed by atoms with E-state index in [9.17, 15) is 8.42 Å². The first kappa shape index (κ1) is 26.2. The predicted molar refractivity (Wildman–Crippen MR) is 136 cm³/mol. The van der Waals surface area contributed by atoms with Crippen LogP contribution in [0.15, 0.2) is 53.5 Å². The van der Waals surface area contributed by atoms with Gasteiger partial charge in [-0.05, 0) is 56.2 Å². The first-order chi connectivity index (χ1) is 13.8. The van der Waals surface area contributed by atoms with E-state index in [1.165, 1.54) is 5.56 Å². The van der Waals surface area contributed by atoms with Gasteiger partial charge in [0.1, 0.15) is 5.75 Å². The lowest BCUT2D eigenvalue weighted by atomic mass is 10.1. The van der Waals surface area contributed by atoms with Crippen molar-refractivity contribution in [3.05, 3.63) is 59.7 Å². The van der Waals surface area contributed by atoms with Gasteiger partial charge in [-0.15, -0.1) is 24.0 Å². The molecule has 0 atom stereocenters. The summed E-state index contributed by atoms with van der Waals surface area (Å²) in [7, 11) is -3.04. The molecule has 0 saturated carbocycles. The summed E-state index contributed by atoms with van der Waals surface area (Å²) < 4.78 is 29.2. The van der Waals surface area contributed by atoms with Gasteiger partial charge in [0.15, 0.2) is 15.8 Å². The zero-order valence-corrected chi connectivity index (χ0v) is 21.2. The Morgan fingerprint density at radius 3 is 2.37 bits per heavy atom. The lowest BCUT2D eigenvalue weighted by Gasteiger charge is -2.14. The van der Waals surface area contributed by atoms with Crippen LogP contribution in [0, 0.1) is 6.92 Å². The predicted octanol–water partition coefficient (Wildman–Crippen LogP) is 4.39. The number of aryl methyl sites for hydroxylation is 1. The van der Waals surface area contributed by atoms with Crippen molar-refractivity contribution in [3.8, 4) is 5.75 Å². The molecule has 2 aromatic rings. The highest BCUT2D eigenvalue weighted by molar-refractivity contribution is 14.0. The quantitative estimate of drug-likeness (QED) is 0.278. The minimum Gasteiger partial charge on any atom is -0.491 e. The van der Waals surface area contributed by atoms with Crippen molar-refractivity contribution in [2.75, 3.05) is 23.4 Å². The van der Waals surface area contributed by atoms with E-state index >= 15 is 0 Å². The second kappa shape index (κ2) is 12.8. The summed E-state index contributed by atoms with van der Waals surface area (Å²) in [6.45, 7) is 8.46. The van der Waals surface area contributed by atoms with Gasteiger partial charge >= 0.3 is 0 Å². The van der Waals surface area contributed by atoms with Crippen LogP contribution in [-0.4, -0.2) is 38.5 Å². The Bertz CT molecular complexity index is 913. The molecule has 0 aliphatic carbocycles. The average Bonchev–Trinajstić information content (AvgIpc) is 2.68. The number of guanidine groups is 1. The molecule has 6 nitrogen and oxygen atoms in total. The number of aliphatic imine (C=N–C) groups is 1. The molecule has 0 aliphatic rings. The normalized spacial score (nSPS) is 11.7. The zero-order chi connectivity index (χ0) is 21.3. The zero-order valence-electron chi connectivity index (χ0n) is 18.0. The maximum atomic E-state index is 11.8. The van der Waals surface area contributed by atoms with Crippen LogP contribution in [-0.2, 0) is 16.4 Å². The summed E-state index contributed by atoms with van der Waals surface area (Å²) >= 11 is 0. The molecule has 30 heavy (non-hydrogen) atoms. The molecule has 0 heterocycles. The van der Waals surface area contributed by atoms with Gasteiger partial charge in [0.05, 0.1) is 18.4 Å². The first-order valence-electron chi connectivity index (χ1n) is 9.86. The molecule has 0 aliphatic heterocycles. The van der Waals surface area contributed by atoms with Crippen molar-refractivity contribution < 1.29 is 13.2 Å². The lowest BCUT2D eigenvalue weighted by Crippen LogP contribution is -2.34. The third-order valence-corrected chi connectivity index (χ3v) is 6.01. The van der Waals surface area contributed by atoms with E-state index in [-0.39, 0.29) is 41.6 Å². The molecule has 8 heteroatoms. The van der Waals surface area contributed by atoms with Crippen LogP contribution in [0.4, 0.5) is 5.69 Å². The fourth-order valence-corrected chi connectivity index (χ4v) is 3.29. The molecule has 0 unspecified atom stereocenters. The summed E-state index contributed by atoms with van der Waals surface area (Å²) in [4.78, 5) is 4.63. The van der Waals surface area contributed by atoms with E-state index in [1.54, 1.807) is 6.92 Å². The van der Waals surface area contributed by atoms with Gasteiger partial charge in [-0.2, -0.15) is 0 Å². The van der Waals surface area contributed by atoms with E-state index < -0.39 is 9.84 Å². The Morgan fingerprint density at radius 1 is 1.10 bits per heavy atom. The number of nitrogens with one attached hydrogen (secondary N) is 2. The number of halogens is 1. The number of benzene rings is 2. The van der Waals surface area contributed by atoms with Crippen molar-refractivity contribution in [1.82, 2.24) is 5.32 Å². The lowest BCUT2D eigenvalue weighted by molar-refractivity contribution is 0.242. The minimum absolute atomic E-state index is 0. The van der Waals surface area contributed by atoms with E-state index in [4.69, 9.17) is 4.74 Å². The largest absolute Gasteiger partial charge is 0.491 e. The van der Waals surface area contributed by atoms with Crippen molar-refractivity contribution >= 4 is 45.5 Å². The van der Waals surface area contributed by atoms with Crippen LogP contribution in [0.1, 0.15) is 31.9 Å². The van der Waals surface area contributed by atoms with Gasteiger partial charge in [0.25, 0.3) is 0 Å². The topological polar surface area (TPSA) is 79.8 Å². The number of hydrogen-bond acceptors (Lipinski definition) is 4. The standard InChI is InChI=1S/C22H31N3O3S.HI/c1-5-29(26,27)15-14-23-22(24-16-19-9-7-6-8-18(19)4)25-20-10-12-21(13-11-20)28-17(2)3;/h6-13,17H,5,14-16H2,1-4H3,(H2,23,24,25);1H. The summed E-state index contributed by atoms with van der Waals surface area (Å²) in [6, 6.07) is 15.7. The summed E-state index contributed by atoms with van der Waals surface area (Å²) in [5.41, 5.74) is 3.13. The molecule has 0 spiro atoms. The molecule has 2 rings (SSSR count). The molecule has 166 valence electrons. The van der Waals surface area contributed by atoms with Crippen LogP contribution in [0.2, 0.25) is 0 Å².